The summed E-state index contributed by atoms with van der Waals surface area (Å²) in [5.41, 5.74) is 2.14. The second-order valence-corrected chi connectivity index (χ2v) is 7.57. The molecule has 1 aliphatic rings. The van der Waals surface area contributed by atoms with E-state index in [9.17, 15) is 4.79 Å². The van der Waals surface area contributed by atoms with Crippen LogP contribution in [0.4, 0.5) is 5.69 Å². The number of hydrogen-bond acceptors (Lipinski definition) is 5. The van der Waals surface area contributed by atoms with Crippen molar-refractivity contribution in [1.29, 1.82) is 0 Å². The molecule has 126 valence electrons. The Bertz CT molecular complexity index is 855. The predicted octanol–water partition coefficient (Wildman–Crippen LogP) is 3.78. The predicted molar refractivity (Wildman–Crippen MR) is 101 cm³/mol. The van der Waals surface area contributed by atoms with Gasteiger partial charge in [0.15, 0.2) is 5.16 Å². The summed E-state index contributed by atoms with van der Waals surface area (Å²) < 4.78 is 0. The Morgan fingerprint density at radius 1 is 1.20 bits per heavy atom. The minimum absolute atomic E-state index is 0.0314. The molecule has 2 aromatic carbocycles. The van der Waals surface area contributed by atoms with Crippen molar-refractivity contribution in [1.82, 2.24) is 15.2 Å². The molecule has 0 fully saturated rings. The summed E-state index contributed by atoms with van der Waals surface area (Å²) in [5.74, 6) is 1.24. The molecule has 0 saturated heterocycles. The highest BCUT2D eigenvalue weighted by Crippen LogP contribution is 2.43. The molecular formula is C18H16N4OS2. The van der Waals surface area contributed by atoms with Crippen molar-refractivity contribution in [2.45, 2.75) is 16.1 Å². The van der Waals surface area contributed by atoms with Gasteiger partial charge in [0, 0.05) is 10.6 Å². The first-order chi connectivity index (χ1) is 12.3. The third kappa shape index (κ3) is 3.43. The van der Waals surface area contributed by atoms with E-state index in [1.165, 1.54) is 18.1 Å². The number of carbonyl (C=O) groups is 1. The van der Waals surface area contributed by atoms with Crippen molar-refractivity contribution < 1.29 is 4.79 Å². The first kappa shape index (κ1) is 16.2. The minimum Gasteiger partial charge on any atom is -0.302 e. The van der Waals surface area contributed by atoms with Gasteiger partial charge in [0.1, 0.15) is 6.33 Å². The van der Waals surface area contributed by atoms with E-state index in [0.717, 1.165) is 21.9 Å². The molecule has 0 aliphatic carbocycles. The Kier molecular flexibility index (Phi) is 4.76. The maximum atomic E-state index is 13.1. The van der Waals surface area contributed by atoms with Crippen molar-refractivity contribution in [3.8, 4) is 0 Å². The quantitative estimate of drug-likeness (QED) is 0.710. The van der Waals surface area contributed by atoms with Crippen molar-refractivity contribution in [3.05, 3.63) is 66.5 Å². The van der Waals surface area contributed by atoms with Crippen molar-refractivity contribution in [2.24, 2.45) is 0 Å². The lowest BCUT2D eigenvalue weighted by Crippen LogP contribution is -2.39. The highest BCUT2D eigenvalue weighted by atomic mass is 32.2. The maximum Gasteiger partial charge on any atom is 0.238 e. The van der Waals surface area contributed by atoms with Crippen LogP contribution >= 0.6 is 23.5 Å². The van der Waals surface area contributed by atoms with Gasteiger partial charge in [-0.25, -0.2) is 4.98 Å². The van der Waals surface area contributed by atoms with Crippen molar-refractivity contribution >= 4 is 35.1 Å². The number of amides is 1. The minimum atomic E-state index is 0.0314. The summed E-state index contributed by atoms with van der Waals surface area (Å²) >= 11 is 3.17. The Balaban J connectivity index is 1.64. The number of benzene rings is 2. The van der Waals surface area contributed by atoms with E-state index in [1.54, 1.807) is 11.8 Å². The molecule has 2 heterocycles. The fraction of sp³-hybridized carbons (Fsp3) is 0.167. The molecule has 1 unspecified atom stereocenters. The molecule has 3 aromatic rings. The van der Waals surface area contributed by atoms with Crippen LogP contribution in [0.5, 0.6) is 0 Å². The number of para-hydroxylation sites is 1. The van der Waals surface area contributed by atoms with Crippen LogP contribution < -0.4 is 4.90 Å². The van der Waals surface area contributed by atoms with Gasteiger partial charge in [-0.2, -0.15) is 5.10 Å². The fourth-order valence-electron chi connectivity index (χ4n) is 2.88. The van der Waals surface area contributed by atoms with E-state index in [2.05, 4.69) is 33.4 Å². The highest BCUT2D eigenvalue weighted by Gasteiger charge is 2.32. The first-order valence-electron chi connectivity index (χ1n) is 7.90. The molecular weight excluding hydrogens is 352 g/mol. The lowest BCUT2D eigenvalue weighted by atomic mass is 10.1. The normalized spacial score (nSPS) is 16.5. The van der Waals surface area contributed by atoms with Gasteiger partial charge in [-0.1, -0.05) is 54.2 Å². The summed E-state index contributed by atoms with van der Waals surface area (Å²) in [5, 5.41) is 7.27. The molecule has 1 N–H and O–H groups in total. The zero-order valence-corrected chi connectivity index (χ0v) is 15.0. The van der Waals surface area contributed by atoms with Gasteiger partial charge in [-0.15, -0.1) is 11.8 Å². The number of fused-ring (bicyclic) bond motifs is 1. The first-order valence-corrected chi connectivity index (χ1v) is 9.87. The van der Waals surface area contributed by atoms with E-state index in [-0.39, 0.29) is 11.9 Å². The Morgan fingerprint density at radius 2 is 2.00 bits per heavy atom. The number of aromatic nitrogens is 3. The van der Waals surface area contributed by atoms with Gasteiger partial charge in [0.2, 0.25) is 5.91 Å². The summed E-state index contributed by atoms with van der Waals surface area (Å²) in [6.07, 6.45) is 1.45. The molecule has 0 radical (unpaired) electrons. The van der Waals surface area contributed by atoms with Crippen LogP contribution in [0.2, 0.25) is 0 Å². The second kappa shape index (κ2) is 7.33. The third-order valence-electron chi connectivity index (χ3n) is 4.01. The summed E-state index contributed by atoms with van der Waals surface area (Å²) in [6.45, 7) is 0. The smallest absolute Gasteiger partial charge is 0.238 e. The average molecular weight is 368 g/mol. The summed E-state index contributed by atoms with van der Waals surface area (Å²) in [4.78, 5) is 20.2. The number of anilines is 1. The molecule has 1 amide bonds. The topological polar surface area (TPSA) is 61.9 Å². The molecule has 25 heavy (non-hydrogen) atoms. The van der Waals surface area contributed by atoms with Crippen LogP contribution in [0, 0.1) is 0 Å². The molecule has 7 heteroatoms. The Morgan fingerprint density at radius 3 is 2.80 bits per heavy atom. The van der Waals surface area contributed by atoms with Gasteiger partial charge < -0.3 is 4.90 Å². The van der Waals surface area contributed by atoms with E-state index in [0.29, 0.717) is 10.9 Å². The number of nitrogens with one attached hydrogen (secondary N) is 1. The number of nitrogens with zero attached hydrogens (tertiary/aromatic N) is 3. The van der Waals surface area contributed by atoms with Crippen LogP contribution in [0.1, 0.15) is 11.6 Å². The lowest BCUT2D eigenvalue weighted by molar-refractivity contribution is -0.116. The molecule has 0 saturated carbocycles. The van der Waals surface area contributed by atoms with Crippen LogP contribution in [0.15, 0.2) is 71.0 Å². The van der Waals surface area contributed by atoms with Crippen LogP contribution in [0.25, 0.3) is 0 Å². The van der Waals surface area contributed by atoms with Gasteiger partial charge in [0.05, 0.1) is 17.5 Å². The molecule has 1 aromatic heterocycles. The van der Waals surface area contributed by atoms with Gasteiger partial charge in [-0.3, -0.25) is 9.89 Å². The molecule has 0 spiro atoms. The maximum absolute atomic E-state index is 13.1. The monoisotopic (exact) mass is 368 g/mol. The van der Waals surface area contributed by atoms with Crippen molar-refractivity contribution in [3.63, 3.8) is 0 Å². The fourth-order valence-corrected chi connectivity index (χ4v) is 4.69. The van der Waals surface area contributed by atoms with Crippen LogP contribution in [-0.2, 0) is 4.79 Å². The molecule has 0 bridgehead atoms. The molecule has 4 rings (SSSR count). The van der Waals surface area contributed by atoms with E-state index < -0.39 is 0 Å². The SMILES string of the molecule is O=C(CSc1ncn[nH]1)N1c2ccccc2SCC1c1ccccc1. The Labute approximate surface area is 154 Å². The number of H-pyrrole nitrogens is 1. The van der Waals surface area contributed by atoms with Crippen LogP contribution in [0.3, 0.4) is 0 Å². The molecule has 5 nitrogen and oxygen atoms in total. The summed E-state index contributed by atoms with van der Waals surface area (Å²) in [7, 11) is 0. The second-order valence-electron chi connectivity index (χ2n) is 5.55. The zero-order chi connectivity index (χ0) is 17.1. The largest absolute Gasteiger partial charge is 0.302 e. The summed E-state index contributed by atoms with van der Waals surface area (Å²) in [6, 6.07) is 18.3. The lowest BCUT2D eigenvalue weighted by Gasteiger charge is -2.37. The van der Waals surface area contributed by atoms with Gasteiger partial charge >= 0.3 is 0 Å². The zero-order valence-electron chi connectivity index (χ0n) is 13.3. The number of hydrogen-bond donors (Lipinski definition) is 1. The number of rotatable bonds is 4. The molecule has 1 aliphatic heterocycles. The number of carbonyl (C=O) groups excluding carboxylic acids is 1. The number of thioether (sulfide) groups is 2. The molecule has 1 atom stereocenters. The standard InChI is InChI=1S/C18H16N4OS2/c23-17(11-25-18-19-12-20-21-18)22-14-8-4-5-9-16(14)24-10-15(22)13-6-2-1-3-7-13/h1-9,12,15H,10-11H2,(H,19,20,21). The average Bonchev–Trinajstić information content (AvgIpc) is 3.19. The van der Waals surface area contributed by atoms with Crippen molar-refractivity contribution in [2.75, 3.05) is 16.4 Å². The van der Waals surface area contributed by atoms with E-state index >= 15 is 0 Å². The van der Waals surface area contributed by atoms with Crippen LogP contribution in [-0.4, -0.2) is 32.6 Å². The number of aromatic amines is 1. The third-order valence-corrected chi connectivity index (χ3v) is 6.01. The van der Waals surface area contributed by atoms with E-state index in [1.807, 2.05) is 41.3 Å². The van der Waals surface area contributed by atoms with Gasteiger partial charge in [-0.05, 0) is 17.7 Å². The van der Waals surface area contributed by atoms with Gasteiger partial charge in [0.25, 0.3) is 0 Å². The Hall–Kier alpha value is -2.25. The van der Waals surface area contributed by atoms with E-state index in [4.69, 9.17) is 0 Å². The highest BCUT2D eigenvalue weighted by molar-refractivity contribution is 8.00.